The Kier molecular flexibility index (Phi) is 3.78. The summed E-state index contributed by atoms with van der Waals surface area (Å²) in [6.07, 6.45) is 0.381. The highest BCUT2D eigenvalue weighted by molar-refractivity contribution is 6.21. The second-order valence-corrected chi connectivity index (χ2v) is 5.82. The predicted octanol–water partition coefficient (Wildman–Crippen LogP) is 1.39. The molecule has 0 saturated carbocycles. The molecule has 5 nitrogen and oxygen atoms in total. The monoisotopic (exact) mass is 288 g/mol. The third-order valence-corrected chi connectivity index (χ3v) is 4.01. The van der Waals surface area contributed by atoms with Gasteiger partial charge >= 0.3 is 0 Å². The normalized spacial score (nSPS) is 26.3. The molecule has 2 amide bonds. The minimum Gasteiger partial charge on any atom is -0.373 e. The van der Waals surface area contributed by atoms with Crippen LogP contribution in [0, 0.1) is 0 Å². The zero-order valence-electron chi connectivity index (χ0n) is 12.4. The standard InChI is InChI=1S/C16H20N2O3/c1-11-9-17(10-12(2)21-11)7-8-18-15(19)13-5-3-4-6-14(13)16(18)20/h3-6,11-12H,7-10H2,1-2H3/t11-,12-/m0/s1. The lowest BCUT2D eigenvalue weighted by molar-refractivity contribution is -0.0684. The Morgan fingerprint density at radius 2 is 1.52 bits per heavy atom. The number of morpholine rings is 1. The summed E-state index contributed by atoms with van der Waals surface area (Å²) in [5, 5.41) is 0. The number of fused-ring (bicyclic) bond motifs is 1. The van der Waals surface area contributed by atoms with Crippen molar-refractivity contribution in [3.63, 3.8) is 0 Å². The molecule has 2 heterocycles. The summed E-state index contributed by atoms with van der Waals surface area (Å²) in [4.78, 5) is 28.1. The fourth-order valence-corrected chi connectivity index (χ4v) is 3.15. The molecule has 0 radical (unpaired) electrons. The molecule has 112 valence electrons. The number of amides is 2. The van der Waals surface area contributed by atoms with E-state index in [1.807, 2.05) is 13.8 Å². The number of carbonyl (C=O) groups excluding carboxylic acids is 2. The van der Waals surface area contributed by atoms with Crippen molar-refractivity contribution in [3.05, 3.63) is 35.4 Å². The maximum absolute atomic E-state index is 12.3. The molecule has 0 aromatic heterocycles. The SMILES string of the molecule is C[C@H]1CN(CCN2C(=O)c3ccccc3C2=O)C[C@H](C)O1. The van der Waals surface area contributed by atoms with Crippen LogP contribution in [0.3, 0.4) is 0 Å². The smallest absolute Gasteiger partial charge is 0.261 e. The van der Waals surface area contributed by atoms with Crippen LogP contribution in [0.1, 0.15) is 34.6 Å². The molecule has 5 heteroatoms. The largest absolute Gasteiger partial charge is 0.373 e. The first-order valence-electron chi connectivity index (χ1n) is 7.39. The van der Waals surface area contributed by atoms with Gasteiger partial charge in [-0.2, -0.15) is 0 Å². The number of imide groups is 1. The first kappa shape index (κ1) is 14.2. The van der Waals surface area contributed by atoms with Crippen LogP contribution in [0.25, 0.3) is 0 Å². The average Bonchev–Trinajstić information content (AvgIpc) is 2.69. The molecular weight excluding hydrogens is 268 g/mol. The summed E-state index contributed by atoms with van der Waals surface area (Å²) in [5.74, 6) is -0.352. The van der Waals surface area contributed by atoms with E-state index in [2.05, 4.69) is 4.90 Å². The molecule has 1 aromatic rings. The third kappa shape index (κ3) is 2.71. The van der Waals surface area contributed by atoms with E-state index in [-0.39, 0.29) is 24.0 Å². The Balaban J connectivity index is 1.64. The Labute approximate surface area is 124 Å². The molecule has 1 saturated heterocycles. The number of rotatable bonds is 3. The van der Waals surface area contributed by atoms with Crippen LogP contribution >= 0.6 is 0 Å². The van der Waals surface area contributed by atoms with Crippen molar-refractivity contribution >= 4 is 11.8 Å². The summed E-state index contributed by atoms with van der Waals surface area (Å²) in [6, 6.07) is 7.01. The minimum atomic E-state index is -0.176. The number of ether oxygens (including phenoxy) is 1. The van der Waals surface area contributed by atoms with Gasteiger partial charge in [0.15, 0.2) is 0 Å². The van der Waals surface area contributed by atoms with Gasteiger partial charge in [-0.15, -0.1) is 0 Å². The number of hydrogen-bond acceptors (Lipinski definition) is 4. The molecule has 0 unspecified atom stereocenters. The first-order valence-corrected chi connectivity index (χ1v) is 7.39. The zero-order valence-corrected chi connectivity index (χ0v) is 12.4. The van der Waals surface area contributed by atoms with Crippen LogP contribution in [-0.4, -0.2) is 60.0 Å². The quantitative estimate of drug-likeness (QED) is 0.789. The van der Waals surface area contributed by atoms with Crippen LogP contribution in [0.15, 0.2) is 24.3 Å². The first-order chi connectivity index (χ1) is 10.1. The van der Waals surface area contributed by atoms with Crippen molar-refractivity contribution in [2.75, 3.05) is 26.2 Å². The molecule has 0 aliphatic carbocycles. The summed E-state index contributed by atoms with van der Waals surface area (Å²) in [7, 11) is 0. The lowest BCUT2D eigenvalue weighted by atomic mass is 10.1. The molecule has 2 aliphatic rings. The Bertz CT molecular complexity index is 527. The molecule has 2 atom stereocenters. The third-order valence-electron chi connectivity index (χ3n) is 4.01. The number of carbonyl (C=O) groups is 2. The van der Waals surface area contributed by atoms with Gasteiger partial charge in [-0.25, -0.2) is 0 Å². The molecule has 21 heavy (non-hydrogen) atoms. The van der Waals surface area contributed by atoms with Gasteiger partial charge in [-0.1, -0.05) is 12.1 Å². The topological polar surface area (TPSA) is 49.9 Å². The maximum Gasteiger partial charge on any atom is 0.261 e. The molecule has 1 fully saturated rings. The van der Waals surface area contributed by atoms with E-state index in [4.69, 9.17) is 4.74 Å². The Morgan fingerprint density at radius 1 is 1.00 bits per heavy atom. The highest BCUT2D eigenvalue weighted by Gasteiger charge is 2.35. The molecule has 0 bridgehead atoms. The van der Waals surface area contributed by atoms with E-state index >= 15 is 0 Å². The van der Waals surface area contributed by atoms with Gasteiger partial charge in [0.05, 0.1) is 23.3 Å². The molecule has 0 N–H and O–H groups in total. The average molecular weight is 288 g/mol. The summed E-state index contributed by atoms with van der Waals surface area (Å²) in [6.45, 7) is 6.91. The van der Waals surface area contributed by atoms with E-state index in [0.29, 0.717) is 24.2 Å². The number of hydrogen-bond donors (Lipinski definition) is 0. The van der Waals surface area contributed by atoms with Gasteiger partial charge < -0.3 is 4.74 Å². The van der Waals surface area contributed by atoms with Crippen molar-refractivity contribution in [2.24, 2.45) is 0 Å². The molecule has 2 aliphatic heterocycles. The van der Waals surface area contributed by atoms with Crippen molar-refractivity contribution in [2.45, 2.75) is 26.1 Å². The van der Waals surface area contributed by atoms with Gasteiger partial charge in [0.1, 0.15) is 0 Å². The molecule has 3 rings (SSSR count). The van der Waals surface area contributed by atoms with Gasteiger partial charge in [0, 0.05) is 26.2 Å². The van der Waals surface area contributed by atoms with Crippen LogP contribution in [0.4, 0.5) is 0 Å². The van der Waals surface area contributed by atoms with E-state index < -0.39 is 0 Å². The van der Waals surface area contributed by atoms with E-state index in [1.54, 1.807) is 24.3 Å². The summed E-state index contributed by atoms with van der Waals surface area (Å²) < 4.78 is 5.69. The second-order valence-electron chi connectivity index (χ2n) is 5.82. The van der Waals surface area contributed by atoms with Gasteiger partial charge in [0.25, 0.3) is 11.8 Å². The number of benzene rings is 1. The molecule has 1 aromatic carbocycles. The highest BCUT2D eigenvalue weighted by Crippen LogP contribution is 2.22. The van der Waals surface area contributed by atoms with E-state index in [0.717, 1.165) is 13.1 Å². The maximum atomic E-state index is 12.3. The molecule has 0 spiro atoms. The number of nitrogens with zero attached hydrogens (tertiary/aromatic N) is 2. The Hall–Kier alpha value is -1.72. The second kappa shape index (κ2) is 5.58. The summed E-state index contributed by atoms with van der Waals surface area (Å²) in [5.41, 5.74) is 1.04. The molecular formula is C16H20N2O3. The van der Waals surface area contributed by atoms with E-state index in [9.17, 15) is 9.59 Å². The van der Waals surface area contributed by atoms with Crippen molar-refractivity contribution in [3.8, 4) is 0 Å². The van der Waals surface area contributed by atoms with Crippen molar-refractivity contribution < 1.29 is 14.3 Å². The summed E-state index contributed by atoms with van der Waals surface area (Å²) >= 11 is 0. The minimum absolute atomic E-state index is 0.176. The van der Waals surface area contributed by atoms with Crippen LogP contribution in [-0.2, 0) is 4.74 Å². The fraction of sp³-hybridized carbons (Fsp3) is 0.500. The zero-order chi connectivity index (χ0) is 15.0. The van der Waals surface area contributed by atoms with Gasteiger partial charge in [-0.3, -0.25) is 19.4 Å². The van der Waals surface area contributed by atoms with Gasteiger partial charge in [-0.05, 0) is 26.0 Å². The van der Waals surface area contributed by atoms with Crippen LogP contribution < -0.4 is 0 Å². The van der Waals surface area contributed by atoms with Gasteiger partial charge in [0.2, 0.25) is 0 Å². The fourth-order valence-electron chi connectivity index (χ4n) is 3.15. The van der Waals surface area contributed by atoms with Crippen LogP contribution in [0.2, 0.25) is 0 Å². The van der Waals surface area contributed by atoms with Crippen LogP contribution in [0.5, 0.6) is 0 Å². The van der Waals surface area contributed by atoms with Crippen molar-refractivity contribution in [1.29, 1.82) is 0 Å². The lowest BCUT2D eigenvalue weighted by Crippen LogP contribution is -2.48. The Morgan fingerprint density at radius 3 is 2.05 bits per heavy atom. The predicted molar refractivity (Wildman–Crippen MR) is 78.3 cm³/mol. The van der Waals surface area contributed by atoms with Crippen molar-refractivity contribution in [1.82, 2.24) is 9.80 Å². The van der Waals surface area contributed by atoms with E-state index in [1.165, 1.54) is 4.90 Å². The lowest BCUT2D eigenvalue weighted by Gasteiger charge is -2.35. The highest BCUT2D eigenvalue weighted by atomic mass is 16.5.